The highest BCUT2D eigenvalue weighted by Gasteiger charge is 2.22. The molecule has 1 unspecified atom stereocenters. The van der Waals surface area contributed by atoms with Gasteiger partial charge in [0.15, 0.2) is 0 Å². The third kappa shape index (κ3) is 3.03. The van der Waals surface area contributed by atoms with Gasteiger partial charge in [-0.05, 0) is 25.6 Å². The summed E-state index contributed by atoms with van der Waals surface area (Å²) in [4.78, 5) is 9.19. The Morgan fingerprint density at radius 1 is 1.29 bits per heavy atom. The number of hydrogen-bond acceptors (Lipinski definition) is 4. The van der Waals surface area contributed by atoms with Crippen LogP contribution in [0.15, 0.2) is 18.3 Å². The standard InChI is InChI=1S/C13H22N4/c1-11-3-4-12(10-15-11)13(9-14)17-7-5-16(2)6-8-17/h3-4,10,13H,5-9,14H2,1-2H3. The highest BCUT2D eigenvalue weighted by atomic mass is 15.3. The van der Waals surface area contributed by atoms with Gasteiger partial charge in [-0.1, -0.05) is 6.07 Å². The van der Waals surface area contributed by atoms with Crippen molar-refractivity contribution in [3.05, 3.63) is 29.6 Å². The van der Waals surface area contributed by atoms with E-state index in [1.807, 2.05) is 13.1 Å². The second-order valence-corrected chi connectivity index (χ2v) is 4.82. The minimum absolute atomic E-state index is 0.316. The average Bonchev–Trinajstić information content (AvgIpc) is 2.35. The van der Waals surface area contributed by atoms with E-state index in [2.05, 4.69) is 34.0 Å². The van der Waals surface area contributed by atoms with E-state index in [1.54, 1.807) is 0 Å². The maximum atomic E-state index is 5.93. The van der Waals surface area contributed by atoms with Gasteiger partial charge >= 0.3 is 0 Å². The van der Waals surface area contributed by atoms with Gasteiger partial charge in [-0.3, -0.25) is 9.88 Å². The van der Waals surface area contributed by atoms with E-state index in [4.69, 9.17) is 5.73 Å². The summed E-state index contributed by atoms with van der Waals surface area (Å²) in [5, 5.41) is 0. The van der Waals surface area contributed by atoms with Crippen LogP contribution in [-0.4, -0.2) is 54.6 Å². The minimum Gasteiger partial charge on any atom is -0.329 e. The molecule has 94 valence electrons. The van der Waals surface area contributed by atoms with E-state index in [1.165, 1.54) is 5.56 Å². The number of aryl methyl sites for hydroxylation is 1. The summed E-state index contributed by atoms with van der Waals surface area (Å²) in [5.74, 6) is 0. The average molecular weight is 234 g/mol. The molecule has 1 aliphatic heterocycles. The molecule has 1 fully saturated rings. The van der Waals surface area contributed by atoms with Crippen LogP contribution in [0.2, 0.25) is 0 Å². The van der Waals surface area contributed by atoms with Gasteiger partial charge in [-0.2, -0.15) is 0 Å². The molecule has 1 aromatic rings. The molecule has 1 aromatic heterocycles. The van der Waals surface area contributed by atoms with E-state index in [-0.39, 0.29) is 0 Å². The van der Waals surface area contributed by atoms with Crippen molar-refractivity contribution >= 4 is 0 Å². The van der Waals surface area contributed by atoms with Crippen molar-refractivity contribution in [1.29, 1.82) is 0 Å². The Hall–Kier alpha value is -0.970. The number of likely N-dealkylation sites (N-methyl/N-ethyl adjacent to an activating group) is 1. The lowest BCUT2D eigenvalue weighted by Crippen LogP contribution is -2.47. The van der Waals surface area contributed by atoms with Gasteiger partial charge in [0.05, 0.1) is 0 Å². The summed E-state index contributed by atoms with van der Waals surface area (Å²) < 4.78 is 0. The molecule has 2 rings (SSSR count). The quantitative estimate of drug-likeness (QED) is 0.833. The first-order chi connectivity index (χ1) is 8.20. The van der Waals surface area contributed by atoms with E-state index < -0.39 is 0 Å². The zero-order chi connectivity index (χ0) is 12.3. The smallest absolute Gasteiger partial charge is 0.0486 e. The van der Waals surface area contributed by atoms with Crippen molar-refractivity contribution in [2.75, 3.05) is 39.8 Å². The van der Waals surface area contributed by atoms with Crippen LogP contribution in [0.1, 0.15) is 17.3 Å². The molecule has 0 aromatic carbocycles. The fourth-order valence-electron chi connectivity index (χ4n) is 2.31. The lowest BCUT2D eigenvalue weighted by atomic mass is 10.1. The topological polar surface area (TPSA) is 45.4 Å². The Kier molecular flexibility index (Phi) is 4.10. The highest BCUT2D eigenvalue weighted by molar-refractivity contribution is 5.18. The van der Waals surface area contributed by atoms with Crippen molar-refractivity contribution in [3.8, 4) is 0 Å². The lowest BCUT2D eigenvalue weighted by molar-refractivity contribution is 0.114. The minimum atomic E-state index is 0.316. The fraction of sp³-hybridized carbons (Fsp3) is 0.615. The van der Waals surface area contributed by atoms with E-state index in [0.29, 0.717) is 12.6 Å². The third-order valence-electron chi connectivity index (χ3n) is 3.52. The summed E-state index contributed by atoms with van der Waals surface area (Å²) in [6, 6.07) is 4.53. The van der Waals surface area contributed by atoms with Crippen LogP contribution in [0, 0.1) is 6.92 Å². The zero-order valence-corrected chi connectivity index (χ0v) is 10.8. The molecule has 0 spiro atoms. The summed E-state index contributed by atoms with van der Waals surface area (Å²) in [6.07, 6.45) is 1.96. The predicted molar refractivity (Wildman–Crippen MR) is 69.8 cm³/mol. The molecular formula is C13H22N4. The molecule has 1 saturated heterocycles. The Bertz CT molecular complexity index is 341. The van der Waals surface area contributed by atoms with Crippen LogP contribution in [-0.2, 0) is 0 Å². The van der Waals surface area contributed by atoms with Crippen LogP contribution in [0.5, 0.6) is 0 Å². The van der Waals surface area contributed by atoms with Crippen molar-refractivity contribution in [1.82, 2.24) is 14.8 Å². The first kappa shape index (κ1) is 12.5. The molecular weight excluding hydrogens is 212 g/mol. The monoisotopic (exact) mass is 234 g/mol. The van der Waals surface area contributed by atoms with Gasteiger partial charge in [0.1, 0.15) is 0 Å². The van der Waals surface area contributed by atoms with E-state index in [0.717, 1.165) is 31.9 Å². The van der Waals surface area contributed by atoms with E-state index >= 15 is 0 Å². The maximum Gasteiger partial charge on any atom is 0.0486 e. The zero-order valence-electron chi connectivity index (χ0n) is 10.8. The number of nitrogens with zero attached hydrogens (tertiary/aromatic N) is 3. The van der Waals surface area contributed by atoms with Gasteiger partial charge < -0.3 is 10.6 Å². The number of aromatic nitrogens is 1. The van der Waals surface area contributed by atoms with Crippen molar-refractivity contribution in [2.24, 2.45) is 5.73 Å². The second-order valence-electron chi connectivity index (χ2n) is 4.82. The van der Waals surface area contributed by atoms with Crippen LogP contribution < -0.4 is 5.73 Å². The molecule has 17 heavy (non-hydrogen) atoms. The molecule has 4 heteroatoms. The molecule has 0 bridgehead atoms. The van der Waals surface area contributed by atoms with Gasteiger partial charge in [-0.15, -0.1) is 0 Å². The Balaban J connectivity index is 2.08. The number of nitrogens with two attached hydrogens (primary N) is 1. The Morgan fingerprint density at radius 3 is 2.53 bits per heavy atom. The first-order valence-corrected chi connectivity index (χ1v) is 6.26. The lowest BCUT2D eigenvalue weighted by Gasteiger charge is -2.37. The summed E-state index contributed by atoms with van der Waals surface area (Å²) in [6.45, 7) is 7.09. The SMILES string of the molecule is Cc1ccc(C(CN)N2CCN(C)CC2)cn1. The van der Waals surface area contributed by atoms with Gasteiger partial charge in [0.25, 0.3) is 0 Å². The molecule has 2 N–H and O–H groups in total. The summed E-state index contributed by atoms with van der Waals surface area (Å²) in [5.41, 5.74) is 8.22. The second kappa shape index (κ2) is 5.58. The molecule has 0 radical (unpaired) electrons. The molecule has 1 aliphatic rings. The summed E-state index contributed by atoms with van der Waals surface area (Å²) in [7, 11) is 2.17. The molecule has 1 atom stereocenters. The Morgan fingerprint density at radius 2 is 2.00 bits per heavy atom. The molecule has 0 aliphatic carbocycles. The third-order valence-corrected chi connectivity index (χ3v) is 3.52. The summed E-state index contributed by atoms with van der Waals surface area (Å²) >= 11 is 0. The molecule has 4 nitrogen and oxygen atoms in total. The first-order valence-electron chi connectivity index (χ1n) is 6.26. The predicted octanol–water partition coefficient (Wildman–Crippen LogP) is 0.637. The van der Waals surface area contributed by atoms with Crippen LogP contribution in [0.25, 0.3) is 0 Å². The molecule has 0 amide bonds. The fourth-order valence-corrected chi connectivity index (χ4v) is 2.31. The van der Waals surface area contributed by atoms with Gasteiger partial charge in [0.2, 0.25) is 0 Å². The van der Waals surface area contributed by atoms with Gasteiger partial charge in [-0.25, -0.2) is 0 Å². The van der Waals surface area contributed by atoms with Crippen molar-refractivity contribution in [3.63, 3.8) is 0 Å². The van der Waals surface area contributed by atoms with Crippen LogP contribution >= 0.6 is 0 Å². The number of pyridine rings is 1. The van der Waals surface area contributed by atoms with Crippen molar-refractivity contribution < 1.29 is 0 Å². The number of piperazine rings is 1. The number of rotatable bonds is 3. The molecule has 0 saturated carbocycles. The highest BCUT2D eigenvalue weighted by Crippen LogP contribution is 2.20. The normalized spacial score (nSPS) is 20.4. The molecule has 2 heterocycles. The van der Waals surface area contributed by atoms with Gasteiger partial charge in [0, 0.05) is 50.7 Å². The number of hydrogen-bond donors (Lipinski definition) is 1. The van der Waals surface area contributed by atoms with Crippen LogP contribution in [0.3, 0.4) is 0 Å². The maximum absolute atomic E-state index is 5.93. The largest absolute Gasteiger partial charge is 0.329 e. The van der Waals surface area contributed by atoms with Crippen LogP contribution in [0.4, 0.5) is 0 Å². The van der Waals surface area contributed by atoms with E-state index in [9.17, 15) is 0 Å². The van der Waals surface area contributed by atoms with Crippen molar-refractivity contribution in [2.45, 2.75) is 13.0 Å². The Labute approximate surface area is 103 Å².